The van der Waals surface area contributed by atoms with Crippen LogP contribution in [-0.4, -0.2) is 157 Å². The van der Waals surface area contributed by atoms with Gasteiger partial charge in [0.2, 0.25) is 5.91 Å². The quantitative estimate of drug-likeness (QED) is 0.0428. The number of anilines is 1. The number of alkyl halides is 8. The number of carbonyl (C=O) groups is 4. The fourth-order valence-electron chi connectivity index (χ4n) is 8.24. The second-order valence-electron chi connectivity index (χ2n) is 19.6. The minimum atomic E-state index is -5.10. The van der Waals surface area contributed by atoms with Gasteiger partial charge in [0.25, 0.3) is 5.91 Å². The fourth-order valence-corrected chi connectivity index (χ4v) is 8.24. The van der Waals surface area contributed by atoms with Crippen molar-refractivity contribution in [2.24, 2.45) is 10.8 Å². The maximum Gasteiger partial charge on any atom is 0.407 e. The molecule has 0 spiro atoms. The van der Waals surface area contributed by atoms with E-state index < -0.39 is 91.1 Å². The van der Waals surface area contributed by atoms with Gasteiger partial charge in [-0.25, -0.2) is 24.3 Å². The third kappa shape index (κ3) is 15.1. The van der Waals surface area contributed by atoms with Gasteiger partial charge in [0.15, 0.2) is 0 Å². The number of halogens is 8. The van der Waals surface area contributed by atoms with Gasteiger partial charge < -0.3 is 40.2 Å². The predicted molar refractivity (Wildman–Crippen MR) is 262 cm³/mol. The summed E-state index contributed by atoms with van der Waals surface area (Å²) in [4.78, 5) is 62.0. The van der Waals surface area contributed by atoms with Crippen molar-refractivity contribution < 1.29 is 73.6 Å². The number of pyridine rings is 1. The molecule has 6 rings (SSSR count). The number of carbonyl (C=O) groups excluding carboxylic acids is 4. The average molecular weight is 1090 g/mol. The highest BCUT2D eigenvalue weighted by Crippen LogP contribution is 2.42. The normalized spacial score (nSPS) is 16.3. The molecule has 26 heteroatoms. The maximum absolute atomic E-state index is 14.5. The van der Waals surface area contributed by atoms with E-state index in [9.17, 15) is 59.4 Å². The number of aromatic nitrogens is 3. The molecule has 0 aliphatic carbocycles. The van der Waals surface area contributed by atoms with Crippen molar-refractivity contribution >= 4 is 29.8 Å². The molecule has 18 nitrogen and oxygen atoms in total. The minimum Gasteiger partial charge on any atom is -0.453 e. The van der Waals surface area contributed by atoms with E-state index >= 15 is 0 Å². The summed E-state index contributed by atoms with van der Waals surface area (Å²) in [6.45, 7) is 3.40. The largest absolute Gasteiger partial charge is 0.453 e. The van der Waals surface area contributed by atoms with Gasteiger partial charge in [0.05, 0.1) is 62.6 Å². The number of amides is 4. The van der Waals surface area contributed by atoms with E-state index in [4.69, 9.17) is 4.74 Å². The zero-order valence-corrected chi connectivity index (χ0v) is 42.8. The van der Waals surface area contributed by atoms with Crippen LogP contribution < -0.4 is 26.3 Å². The SMILES string of the molecule is COC(=O)N[C@H](C(=O)N[C@@H](Cc1ccc(C#Cc2ccc(N3CCN(C4COC4)CC3)nc2)cc1)[C@@H](O)CN(Cc1ccc(-c2cnn(C(F)F)c2)cc1)NC(=O)[C@@H](NC(=O)OC)C(C)(C)C(F)(F)F)C(C)(C)C(F)(F)F. The third-order valence-electron chi connectivity index (χ3n) is 13.5. The Hall–Kier alpha value is -7.08. The van der Waals surface area contributed by atoms with Gasteiger partial charge in [-0.3, -0.25) is 19.9 Å². The lowest BCUT2D eigenvalue weighted by Crippen LogP contribution is -2.63. The van der Waals surface area contributed by atoms with E-state index in [0.29, 0.717) is 71.8 Å². The van der Waals surface area contributed by atoms with Crippen molar-refractivity contribution in [3.8, 4) is 23.0 Å². The number of nitrogens with one attached hydrogen (secondary N) is 4. The Morgan fingerprint density at radius 1 is 0.740 bits per heavy atom. The van der Waals surface area contributed by atoms with E-state index in [0.717, 1.165) is 70.6 Å². The molecule has 4 heterocycles. The zero-order chi connectivity index (χ0) is 56.5. The minimum absolute atomic E-state index is 0.290. The number of hydrogen-bond donors (Lipinski definition) is 5. The maximum atomic E-state index is 14.5. The number of rotatable bonds is 19. The van der Waals surface area contributed by atoms with Crippen molar-refractivity contribution in [3.05, 3.63) is 102 Å². The number of benzene rings is 2. The zero-order valence-electron chi connectivity index (χ0n) is 42.8. The molecule has 0 radical (unpaired) electrons. The molecule has 77 heavy (non-hydrogen) atoms. The number of nitrogens with zero attached hydrogens (tertiary/aromatic N) is 6. The molecular formula is C51H60F8N10O8. The van der Waals surface area contributed by atoms with Gasteiger partial charge in [-0.2, -0.15) is 40.2 Å². The van der Waals surface area contributed by atoms with Crippen LogP contribution in [0.3, 0.4) is 0 Å². The Bertz CT molecular complexity index is 2700. The number of piperazine rings is 1. The summed E-state index contributed by atoms with van der Waals surface area (Å²) in [5.74, 6) is 4.03. The molecular weight excluding hydrogens is 1030 g/mol. The van der Waals surface area contributed by atoms with Gasteiger partial charge in [0.1, 0.15) is 17.9 Å². The lowest BCUT2D eigenvalue weighted by molar-refractivity contribution is -0.221. The van der Waals surface area contributed by atoms with E-state index in [-0.39, 0.29) is 6.42 Å². The Morgan fingerprint density at radius 2 is 1.29 bits per heavy atom. The van der Waals surface area contributed by atoms with Crippen LogP contribution in [0.2, 0.25) is 0 Å². The molecule has 2 aliphatic heterocycles. The Labute approximate surface area is 438 Å². The van der Waals surface area contributed by atoms with E-state index in [2.05, 4.69) is 51.9 Å². The second-order valence-corrected chi connectivity index (χ2v) is 19.6. The van der Waals surface area contributed by atoms with E-state index in [1.165, 1.54) is 30.5 Å². The molecule has 0 bridgehead atoms. The number of methoxy groups -OCH3 is 2. The highest BCUT2D eigenvalue weighted by molar-refractivity contribution is 5.87. The van der Waals surface area contributed by atoms with Gasteiger partial charge >= 0.3 is 31.1 Å². The van der Waals surface area contributed by atoms with E-state index in [1.54, 1.807) is 30.5 Å². The first-order valence-electron chi connectivity index (χ1n) is 24.1. The topological polar surface area (TPSA) is 205 Å². The highest BCUT2D eigenvalue weighted by atomic mass is 19.4. The van der Waals surface area contributed by atoms with Crippen molar-refractivity contribution in [3.63, 3.8) is 0 Å². The number of aliphatic hydroxyl groups is 1. The predicted octanol–water partition coefficient (Wildman–Crippen LogP) is 5.81. The molecule has 2 fully saturated rings. The van der Waals surface area contributed by atoms with Crippen molar-refractivity contribution in [2.75, 3.05) is 65.1 Å². The molecule has 2 aromatic heterocycles. The van der Waals surface area contributed by atoms with Gasteiger partial charge in [-0.15, -0.1) is 0 Å². The number of aliphatic hydroxyl groups excluding tert-OH is 1. The van der Waals surface area contributed by atoms with Crippen molar-refractivity contribution in [1.82, 2.24) is 46.0 Å². The lowest BCUT2D eigenvalue weighted by atomic mass is 9.82. The number of alkyl carbamates (subject to hydrolysis) is 2. The second kappa shape index (κ2) is 24.9. The van der Waals surface area contributed by atoms with Crippen LogP contribution >= 0.6 is 0 Å². The lowest BCUT2D eigenvalue weighted by Gasteiger charge is -2.42. The molecule has 5 N–H and O–H groups in total. The summed E-state index contributed by atoms with van der Waals surface area (Å²) in [6.07, 6.45) is -11.3. The molecule has 4 amide bonds. The van der Waals surface area contributed by atoms with Crippen LogP contribution in [0.1, 0.15) is 56.5 Å². The van der Waals surface area contributed by atoms with Crippen LogP contribution in [0.15, 0.2) is 79.3 Å². The number of ether oxygens (including phenoxy) is 3. The molecule has 2 saturated heterocycles. The molecule has 2 aromatic carbocycles. The number of hydrazine groups is 1. The van der Waals surface area contributed by atoms with Crippen LogP contribution in [0.25, 0.3) is 11.1 Å². The molecule has 2 aliphatic rings. The van der Waals surface area contributed by atoms with E-state index in [1.807, 2.05) is 22.8 Å². The Balaban J connectivity index is 1.29. The molecule has 0 unspecified atom stereocenters. The van der Waals surface area contributed by atoms with Crippen LogP contribution in [0.4, 0.5) is 50.5 Å². The summed E-state index contributed by atoms with van der Waals surface area (Å²) in [6, 6.07) is 10.2. The van der Waals surface area contributed by atoms with Gasteiger partial charge in [-0.1, -0.05) is 48.2 Å². The smallest absolute Gasteiger partial charge is 0.407 e. The van der Waals surface area contributed by atoms with Crippen LogP contribution in [0.5, 0.6) is 0 Å². The molecule has 418 valence electrons. The first kappa shape index (κ1) is 59.2. The monoisotopic (exact) mass is 1090 g/mol. The van der Waals surface area contributed by atoms with Crippen molar-refractivity contribution in [1.29, 1.82) is 0 Å². The Morgan fingerprint density at radius 3 is 1.78 bits per heavy atom. The van der Waals surface area contributed by atoms with Gasteiger partial charge in [-0.05, 0) is 75.1 Å². The average Bonchev–Trinajstić information content (AvgIpc) is 3.88. The van der Waals surface area contributed by atoms with Gasteiger partial charge in [0, 0.05) is 68.4 Å². The summed E-state index contributed by atoms with van der Waals surface area (Å²) < 4.78 is 128. The number of hydrogen-bond acceptors (Lipinski definition) is 13. The highest BCUT2D eigenvalue weighted by Gasteiger charge is 2.57. The molecule has 4 aromatic rings. The third-order valence-corrected chi connectivity index (χ3v) is 13.5. The first-order valence-corrected chi connectivity index (χ1v) is 24.1. The van der Waals surface area contributed by atoms with Crippen molar-refractivity contribution in [2.45, 2.75) is 89.8 Å². The Kier molecular flexibility index (Phi) is 19.2. The van der Waals surface area contributed by atoms with Crippen LogP contribution in [-0.2, 0) is 36.8 Å². The van der Waals surface area contributed by atoms with Crippen LogP contribution in [0, 0.1) is 22.7 Å². The molecule has 4 atom stereocenters. The molecule has 0 saturated carbocycles. The fraction of sp³-hybridized carbons (Fsp3) is 0.490. The summed E-state index contributed by atoms with van der Waals surface area (Å²) in [5, 5.41) is 22.9. The first-order chi connectivity index (χ1) is 36.2. The summed E-state index contributed by atoms with van der Waals surface area (Å²) >= 11 is 0. The summed E-state index contributed by atoms with van der Waals surface area (Å²) in [5.41, 5.74) is -1.06. The standard InChI is InChI=1S/C51H60F8N10O8/c1-48(2,50(54,55)56)41(63-46(73)75-5)43(71)62-38(23-32-10-7-31(8-11-32)9-12-33-15-18-40(60-24-33)67-21-19-66(20-22-67)37-29-77-30-37)39(70)28-68(65-44(72)42(64-47(74)76-6)49(3,4)51(57,58)59)26-34-13-16-35(17-14-34)36-25-61-69(27-36)45(52)53/h7-8,10-11,13-18,24-25,27,37-39,41-42,45,70H,19-23,26,28-30H2,1-6H3,(H,62,71)(H,63,73)(H,64,74)(H,65,72)/t38-,39-,41+,42+/m0/s1. The summed E-state index contributed by atoms with van der Waals surface area (Å²) in [7, 11) is 1.73.